The molecule has 0 N–H and O–H groups in total. The normalized spacial score (nSPS) is 20.5. The molecule has 13 heteroatoms. The predicted octanol–water partition coefficient (Wildman–Crippen LogP) is 3.99. The summed E-state index contributed by atoms with van der Waals surface area (Å²) in [6, 6.07) is 0. The van der Waals surface area contributed by atoms with Gasteiger partial charge in [0.15, 0.2) is 0 Å². The van der Waals surface area contributed by atoms with Crippen molar-refractivity contribution < 1.29 is 57.4 Å². The minimum atomic E-state index is -6.88. The van der Waals surface area contributed by atoms with Gasteiger partial charge in [-0.05, 0) is 0 Å². The lowest BCUT2D eigenvalue weighted by molar-refractivity contribution is -0.470. The molecule has 0 aliphatic heterocycles. The van der Waals surface area contributed by atoms with Crippen LogP contribution < -0.4 is 0 Å². The highest BCUT2D eigenvalue weighted by molar-refractivity contribution is 4.89. The van der Waals surface area contributed by atoms with Gasteiger partial charge in [-0.2, -0.15) is 35.1 Å². The Kier molecular flexibility index (Phi) is 4.68. The van der Waals surface area contributed by atoms with Crippen molar-refractivity contribution in [2.45, 2.75) is 36.9 Å². The zero-order valence-corrected chi connectivity index (χ0v) is 8.10. The molecule has 0 rings (SSSR count). The van der Waals surface area contributed by atoms with E-state index >= 15 is 0 Å². The van der Waals surface area contributed by atoms with Gasteiger partial charge in [0.05, 0.1) is 0 Å². The number of hydrogen-bond donors (Lipinski definition) is 0. The lowest BCUT2D eigenvalue weighted by Crippen LogP contribution is -2.61. The molecule has 0 aromatic rings. The van der Waals surface area contributed by atoms with Gasteiger partial charge in [0.25, 0.3) is 0 Å². The van der Waals surface area contributed by atoms with Crippen molar-refractivity contribution in [2.75, 3.05) is 0 Å². The van der Waals surface area contributed by atoms with E-state index < -0.39 is 36.9 Å². The molecule has 0 fully saturated rings. The zero-order chi connectivity index (χ0) is 15.9. The predicted molar refractivity (Wildman–Crippen MR) is 32.9 cm³/mol. The second-order valence-corrected chi connectivity index (χ2v) is 2.99. The molecule has 116 valence electrons. The smallest absolute Gasteiger partial charge is 0.285 e. The molecule has 0 amide bonds. The van der Waals surface area contributed by atoms with Crippen LogP contribution in [0, 0.1) is 0 Å². The molecule has 0 spiro atoms. The van der Waals surface area contributed by atoms with Crippen LogP contribution in [0.5, 0.6) is 0 Å². The Hall–Kier alpha value is -0.880. The van der Waals surface area contributed by atoms with Crippen molar-refractivity contribution in [3.8, 4) is 0 Å². The standard InChI is InChI=1S/C6H2F12O/c7-1(8)3(11,5(13,14)15)19-4(12,2(9)10)6(16,17)18/h1-2H/t3-,4-/m1/s1. The van der Waals surface area contributed by atoms with E-state index in [1.807, 2.05) is 0 Å². The number of alkyl halides is 12. The Bertz CT molecular complexity index is 276. The topological polar surface area (TPSA) is 9.23 Å². The van der Waals surface area contributed by atoms with E-state index in [-0.39, 0.29) is 0 Å². The molecule has 0 unspecified atom stereocenters. The summed E-state index contributed by atoms with van der Waals surface area (Å²) in [5, 5.41) is 0. The third kappa shape index (κ3) is 3.17. The minimum Gasteiger partial charge on any atom is -0.285 e. The van der Waals surface area contributed by atoms with Crippen LogP contribution in [-0.4, -0.2) is 36.9 Å². The average Bonchev–Trinajstić information content (AvgIpc) is 2.12. The van der Waals surface area contributed by atoms with Crippen molar-refractivity contribution in [1.82, 2.24) is 0 Å². The van der Waals surface area contributed by atoms with E-state index in [4.69, 9.17) is 0 Å². The molecule has 0 aliphatic rings. The lowest BCUT2D eigenvalue weighted by Gasteiger charge is -2.35. The fraction of sp³-hybridized carbons (Fsp3) is 1.00. The Morgan fingerprint density at radius 3 is 0.842 bits per heavy atom. The molecule has 2 atom stereocenters. The molecule has 0 saturated carbocycles. The molecule has 0 aromatic carbocycles. The van der Waals surface area contributed by atoms with E-state index in [1.165, 1.54) is 0 Å². The Labute approximate surface area is 95.7 Å². The van der Waals surface area contributed by atoms with Crippen LogP contribution in [-0.2, 0) is 4.74 Å². The SMILES string of the molecule is FC(F)[C@@](F)(O[C@](F)(C(F)F)C(F)(F)F)C(F)(F)F. The molecular formula is C6H2F12O. The van der Waals surface area contributed by atoms with E-state index in [9.17, 15) is 52.7 Å². The van der Waals surface area contributed by atoms with Crippen LogP contribution in [0.4, 0.5) is 52.7 Å². The van der Waals surface area contributed by atoms with Gasteiger partial charge in [-0.25, -0.2) is 17.6 Å². The van der Waals surface area contributed by atoms with Gasteiger partial charge in [0, 0.05) is 0 Å². The van der Waals surface area contributed by atoms with Crippen molar-refractivity contribution in [1.29, 1.82) is 0 Å². The third-order valence-electron chi connectivity index (χ3n) is 1.63. The molecule has 0 bridgehead atoms. The molecular weight excluding hydrogens is 316 g/mol. The van der Waals surface area contributed by atoms with Crippen molar-refractivity contribution in [3.63, 3.8) is 0 Å². The van der Waals surface area contributed by atoms with E-state index in [0.717, 1.165) is 0 Å². The molecule has 0 aromatic heterocycles. The summed E-state index contributed by atoms with van der Waals surface area (Å²) >= 11 is 0. The fourth-order valence-electron chi connectivity index (χ4n) is 0.668. The summed E-state index contributed by atoms with van der Waals surface area (Å²) in [6.45, 7) is 0. The first-order valence-electron chi connectivity index (χ1n) is 3.87. The second kappa shape index (κ2) is 4.90. The highest BCUT2D eigenvalue weighted by atomic mass is 19.4. The van der Waals surface area contributed by atoms with Crippen LogP contribution >= 0.6 is 0 Å². The molecule has 19 heavy (non-hydrogen) atoms. The first-order valence-corrected chi connectivity index (χ1v) is 3.87. The summed E-state index contributed by atoms with van der Waals surface area (Å²) in [5.41, 5.74) is 0. The Morgan fingerprint density at radius 1 is 0.526 bits per heavy atom. The quantitative estimate of drug-likeness (QED) is 0.712. The largest absolute Gasteiger partial charge is 0.454 e. The minimum absolute atomic E-state index is 1.79. The van der Waals surface area contributed by atoms with Crippen LogP contribution in [0.25, 0.3) is 0 Å². The van der Waals surface area contributed by atoms with E-state index in [0.29, 0.717) is 0 Å². The van der Waals surface area contributed by atoms with Gasteiger partial charge < -0.3 is 0 Å². The monoisotopic (exact) mass is 318 g/mol. The number of rotatable bonds is 4. The maximum absolute atomic E-state index is 12.6. The number of hydrogen-bond acceptors (Lipinski definition) is 1. The summed E-state index contributed by atoms with van der Waals surface area (Å²) in [6.07, 6.45) is -24.5. The van der Waals surface area contributed by atoms with E-state index in [1.54, 1.807) is 4.74 Å². The molecule has 0 heterocycles. The summed E-state index contributed by atoms with van der Waals surface area (Å²) < 4.78 is 145. The Balaban J connectivity index is 5.69. The van der Waals surface area contributed by atoms with Crippen molar-refractivity contribution >= 4 is 0 Å². The van der Waals surface area contributed by atoms with Gasteiger partial charge >= 0.3 is 36.9 Å². The highest BCUT2D eigenvalue weighted by Gasteiger charge is 2.75. The summed E-state index contributed by atoms with van der Waals surface area (Å²) in [7, 11) is 0. The first-order chi connectivity index (χ1) is 8.09. The van der Waals surface area contributed by atoms with Crippen molar-refractivity contribution in [2.24, 2.45) is 0 Å². The molecule has 1 nitrogen and oxygen atoms in total. The van der Waals surface area contributed by atoms with E-state index in [2.05, 4.69) is 0 Å². The second-order valence-electron chi connectivity index (χ2n) is 2.99. The fourth-order valence-corrected chi connectivity index (χ4v) is 0.668. The average molecular weight is 318 g/mol. The van der Waals surface area contributed by atoms with Gasteiger partial charge in [-0.15, -0.1) is 0 Å². The van der Waals surface area contributed by atoms with Gasteiger partial charge in [-0.1, -0.05) is 0 Å². The third-order valence-corrected chi connectivity index (χ3v) is 1.63. The maximum Gasteiger partial charge on any atom is 0.454 e. The molecule has 0 aliphatic carbocycles. The first kappa shape index (κ1) is 18.1. The van der Waals surface area contributed by atoms with Crippen LogP contribution in [0.15, 0.2) is 0 Å². The van der Waals surface area contributed by atoms with Gasteiger partial charge in [-0.3, -0.25) is 4.74 Å². The highest BCUT2D eigenvalue weighted by Crippen LogP contribution is 2.49. The van der Waals surface area contributed by atoms with Crippen LogP contribution in [0.2, 0.25) is 0 Å². The number of ether oxygens (including phenoxy) is 1. The maximum atomic E-state index is 12.6. The Morgan fingerprint density at radius 2 is 0.737 bits per heavy atom. The van der Waals surface area contributed by atoms with Gasteiger partial charge in [0.1, 0.15) is 0 Å². The molecule has 0 radical (unpaired) electrons. The lowest BCUT2D eigenvalue weighted by atomic mass is 10.2. The van der Waals surface area contributed by atoms with Gasteiger partial charge in [0.2, 0.25) is 0 Å². The molecule has 0 saturated heterocycles. The number of halogens is 12. The summed E-state index contributed by atoms with van der Waals surface area (Å²) in [5.74, 6) is -13.1. The zero-order valence-electron chi connectivity index (χ0n) is 8.10. The van der Waals surface area contributed by atoms with Crippen molar-refractivity contribution in [3.05, 3.63) is 0 Å². The van der Waals surface area contributed by atoms with Crippen LogP contribution in [0.3, 0.4) is 0 Å². The van der Waals surface area contributed by atoms with Crippen LogP contribution in [0.1, 0.15) is 0 Å². The summed E-state index contributed by atoms with van der Waals surface area (Å²) in [4.78, 5) is 0.